The van der Waals surface area contributed by atoms with Crippen LogP contribution < -0.4 is 15.4 Å². The van der Waals surface area contributed by atoms with Gasteiger partial charge in [-0.05, 0) is 43.6 Å². The number of aromatic nitrogens is 2. The third-order valence-electron chi connectivity index (χ3n) is 4.56. The van der Waals surface area contributed by atoms with Crippen molar-refractivity contribution in [1.29, 1.82) is 0 Å². The lowest BCUT2D eigenvalue weighted by Gasteiger charge is -2.25. The van der Waals surface area contributed by atoms with Gasteiger partial charge in [0.2, 0.25) is 5.91 Å². The maximum absolute atomic E-state index is 12.7. The summed E-state index contributed by atoms with van der Waals surface area (Å²) >= 11 is 0. The number of aryl methyl sites for hydroxylation is 1. The van der Waals surface area contributed by atoms with Crippen molar-refractivity contribution in [3.63, 3.8) is 0 Å². The summed E-state index contributed by atoms with van der Waals surface area (Å²) in [4.78, 5) is 17.1. The van der Waals surface area contributed by atoms with E-state index in [9.17, 15) is 4.79 Å². The SMILES string of the molecule is COc1ccc(C(NC(=O)C2CCNCC2)c2nccn2C)cc1.Cl. The van der Waals surface area contributed by atoms with Crippen LogP contribution in [0, 0.1) is 5.92 Å². The van der Waals surface area contributed by atoms with Gasteiger partial charge in [0.05, 0.1) is 7.11 Å². The minimum atomic E-state index is -0.265. The number of imidazole rings is 1. The molecule has 1 atom stereocenters. The van der Waals surface area contributed by atoms with Crippen LogP contribution >= 0.6 is 12.4 Å². The van der Waals surface area contributed by atoms with Crippen LogP contribution in [-0.4, -0.2) is 35.7 Å². The molecule has 1 aliphatic heterocycles. The first kappa shape index (κ1) is 19.3. The highest BCUT2D eigenvalue weighted by atomic mass is 35.5. The fourth-order valence-corrected chi connectivity index (χ4v) is 3.09. The number of nitrogens with one attached hydrogen (secondary N) is 2. The average molecular weight is 365 g/mol. The normalized spacial score (nSPS) is 15.9. The van der Waals surface area contributed by atoms with E-state index < -0.39 is 0 Å². The minimum Gasteiger partial charge on any atom is -0.497 e. The summed E-state index contributed by atoms with van der Waals surface area (Å²) in [6, 6.07) is 7.49. The molecule has 1 saturated heterocycles. The Morgan fingerprint density at radius 1 is 1.32 bits per heavy atom. The van der Waals surface area contributed by atoms with E-state index in [-0.39, 0.29) is 30.3 Å². The van der Waals surface area contributed by atoms with E-state index in [4.69, 9.17) is 4.74 Å². The first-order chi connectivity index (χ1) is 11.7. The van der Waals surface area contributed by atoms with Gasteiger partial charge in [-0.2, -0.15) is 0 Å². The van der Waals surface area contributed by atoms with Crippen LogP contribution in [0.4, 0.5) is 0 Å². The zero-order chi connectivity index (χ0) is 16.9. The Hall–Kier alpha value is -2.05. The fraction of sp³-hybridized carbons (Fsp3) is 0.444. The second-order valence-electron chi connectivity index (χ2n) is 6.14. The second-order valence-corrected chi connectivity index (χ2v) is 6.14. The van der Waals surface area contributed by atoms with Crippen LogP contribution in [-0.2, 0) is 11.8 Å². The molecule has 25 heavy (non-hydrogen) atoms. The van der Waals surface area contributed by atoms with Crippen molar-refractivity contribution in [3.05, 3.63) is 48.0 Å². The van der Waals surface area contributed by atoms with Gasteiger partial charge >= 0.3 is 0 Å². The van der Waals surface area contributed by atoms with Crippen molar-refractivity contribution < 1.29 is 9.53 Å². The molecule has 0 radical (unpaired) electrons. The van der Waals surface area contributed by atoms with Crippen molar-refractivity contribution in [2.75, 3.05) is 20.2 Å². The molecule has 1 aromatic carbocycles. The Labute approximate surface area is 154 Å². The number of amides is 1. The molecule has 7 heteroatoms. The Morgan fingerprint density at radius 2 is 2.00 bits per heavy atom. The molecule has 1 amide bonds. The second kappa shape index (κ2) is 8.87. The number of hydrogen-bond donors (Lipinski definition) is 2. The number of benzene rings is 1. The van der Waals surface area contributed by atoms with E-state index in [1.807, 2.05) is 42.1 Å². The van der Waals surface area contributed by atoms with Crippen molar-refractivity contribution in [1.82, 2.24) is 20.2 Å². The molecule has 3 rings (SSSR count). The quantitative estimate of drug-likeness (QED) is 0.852. The molecule has 0 spiro atoms. The molecule has 6 nitrogen and oxygen atoms in total. The van der Waals surface area contributed by atoms with Gasteiger partial charge in [0.15, 0.2) is 0 Å². The van der Waals surface area contributed by atoms with Crippen molar-refractivity contribution in [2.45, 2.75) is 18.9 Å². The number of hydrogen-bond acceptors (Lipinski definition) is 4. The number of carbonyl (C=O) groups is 1. The Morgan fingerprint density at radius 3 is 2.56 bits per heavy atom. The average Bonchev–Trinajstić information content (AvgIpc) is 3.06. The molecule has 1 aromatic heterocycles. The Balaban J connectivity index is 0.00000225. The lowest BCUT2D eigenvalue weighted by Crippen LogP contribution is -2.40. The maximum Gasteiger partial charge on any atom is 0.224 e. The van der Waals surface area contributed by atoms with Gasteiger partial charge in [-0.25, -0.2) is 4.98 Å². The van der Waals surface area contributed by atoms with E-state index in [1.54, 1.807) is 13.3 Å². The summed E-state index contributed by atoms with van der Waals surface area (Å²) in [6.07, 6.45) is 5.40. The van der Waals surface area contributed by atoms with E-state index in [0.717, 1.165) is 43.1 Å². The summed E-state index contributed by atoms with van der Waals surface area (Å²) in [6.45, 7) is 1.79. The molecule has 1 aliphatic rings. The number of halogens is 1. The summed E-state index contributed by atoms with van der Waals surface area (Å²) in [5.41, 5.74) is 0.993. The lowest BCUT2D eigenvalue weighted by atomic mass is 9.96. The van der Waals surface area contributed by atoms with Crippen LogP contribution in [0.5, 0.6) is 5.75 Å². The predicted octanol–water partition coefficient (Wildman–Crippen LogP) is 2.06. The van der Waals surface area contributed by atoms with Crippen LogP contribution in [0.15, 0.2) is 36.7 Å². The van der Waals surface area contributed by atoms with Gasteiger partial charge in [0, 0.05) is 25.4 Å². The Kier molecular flexibility index (Phi) is 6.84. The first-order valence-electron chi connectivity index (χ1n) is 8.31. The molecular formula is C18H25ClN4O2. The third-order valence-corrected chi connectivity index (χ3v) is 4.56. The molecule has 136 valence electrons. The maximum atomic E-state index is 12.7. The summed E-state index contributed by atoms with van der Waals surface area (Å²) in [5, 5.41) is 6.49. The van der Waals surface area contributed by atoms with E-state index in [2.05, 4.69) is 15.6 Å². The van der Waals surface area contributed by atoms with Crippen LogP contribution in [0.1, 0.15) is 30.3 Å². The molecule has 0 aliphatic carbocycles. The van der Waals surface area contributed by atoms with Gasteiger partial charge in [-0.3, -0.25) is 4.79 Å². The molecule has 1 fully saturated rings. The fourth-order valence-electron chi connectivity index (χ4n) is 3.09. The van der Waals surface area contributed by atoms with Gasteiger partial charge in [-0.15, -0.1) is 12.4 Å². The molecule has 0 saturated carbocycles. The van der Waals surface area contributed by atoms with Crippen molar-refractivity contribution >= 4 is 18.3 Å². The zero-order valence-electron chi connectivity index (χ0n) is 14.6. The van der Waals surface area contributed by atoms with Crippen molar-refractivity contribution in [3.8, 4) is 5.75 Å². The van der Waals surface area contributed by atoms with Gasteiger partial charge in [0.25, 0.3) is 0 Å². The lowest BCUT2D eigenvalue weighted by molar-refractivity contribution is -0.126. The number of rotatable bonds is 5. The smallest absolute Gasteiger partial charge is 0.224 e. The third kappa shape index (κ3) is 4.52. The summed E-state index contributed by atoms with van der Waals surface area (Å²) < 4.78 is 7.17. The number of ether oxygens (including phenoxy) is 1. The highest BCUT2D eigenvalue weighted by Crippen LogP contribution is 2.24. The standard InChI is InChI=1S/C18H24N4O2.ClH/c1-22-12-11-20-17(22)16(13-3-5-15(24-2)6-4-13)21-18(23)14-7-9-19-10-8-14;/h3-6,11-12,14,16,19H,7-10H2,1-2H3,(H,21,23);1H. The first-order valence-corrected chi connectivity index (χ1v) is 8.31. The summed E-state index contributed by atoms with van der Waals surface area (Å²) in [7, 11) is 3.58. The molecule has 2 N–H and O–H groups in total. The van der Waals surface area contributed by atoms with Gasteiger partial charge in [0.1, 0.15) is 17.6 Å². The van der Waals surface area contributed by atoms with Crippen LogP contribution in [0.25, 0.3) is 0 Å². The largest absolute Gasteiger partial charge is 0.497 e. The van der Waals surface area contributed by atoms with Gasteiger partial charge < -0.3 is 19.9 Å². The molecule has 2 aromatic rings. The number of nitrogens with zero attached hydrogens (tertiary/aromatic N) is 2. The zero-order valence-corrected chi connectivity index (χ0v) is 15.4. The minimum absolute atomic E-state index is 0. The highest BCUT2D eigenvalue weighted by molar-refractivity contribution is 5.85. The number of piperidine rings is 1. The van der Waals surface area contributed by atoms with Gasteiger partial charge in [-0.1, -0.05) is 12.1 Å². The molecule has 2 heterocycles. The van der Waals surface area contributed by atoms with E-state index >= 15 is 0 Å². The number of methoxy groups -OCH3 is 1. The summed E-state index contributed by atoms with van der Waals surface area (Å²) in [5.74, 6) is 1.78. The predicted molar refractivity (Wildman–Crippen MR) is 99.0 cm³/mol. The topological polar surface area (TPSA) is 68.2 Å². The molecule has 0 bridgehead atoms. The van der Waals surface area contributed by atoms with E-state index in [1.165, 1.54) is 0 Å². The van der Waals surface area contributed by atoms with Crippen molar-refractivity contribution in [2.24, 2.45) is 13.0 Å². The Bertz CT molecular complexity index is 681. The van der Waals surface area contributed by atoms with Crippen LogP contribution in [0.2, 0.25) is 0 Å². The molecular weight excluding hydrogens is 340 g/mol. The number of carbonyl (C=O) groups excluding carboxylic acids is 1. The van der Waals surface area contributed by atoms with E-state index in [0.29, 0.717) is 0 Å². The molecule has 1 unspecified atom stereocenters. The monoisotopic (exact) mass is 364 g/mol. The highest BCUT2D eigenvalue weighted by Gasteiger charge is 2.26. The van der Waals surface area contributed by atoms with Crippen LogP contribution in [0.3, 0.4) is 0 Å².